The van der Waals surface area contributed by atoms with Crippen LogP contribution in [0.25, 0.3) is 0 Å². The molecule has 2 heterocycles. The molecule has 2 aliphatic rings. The number of hydrogen-bond acceptors (Lipinski definition) is 4. The molecule has 24 heavy (non-hydrogen) atoms. The van der Waals surface area contributed by atoms with Crippen LogP contribution >= 0.6 is 0 Å². The van der Waals surface area contributed by atoms with Crippen molar-refractivity contribution >= 4 is 21.6 Å². The van der Waals surface area contributed by atoms with Crippen LogP contribution in [0.15, 0.2) is 24.3 Å². The Morgan fingerprint density at radius 3 is 2.50 bits per heavy atom. The highest BCUT2D eigenvalue weighted by molar-refractivity contribution is 7.92. The zero-order chi connectivity index (χ0) is 17.2. The third-order valence-electron chi connectivity index (χ3n) is 4.93. The number of likely N-dealkylation sites (N-methyl/N-ethyl adjacent to an activating group) is 1. The van der Waals surface area contributed by atoms with E-state index in [4.69, 9.17) is 0 Å². The SMILES string of the molecule is CCN1CCN(C(=O)CCS(=O)(=O)N2CCc3ccccc32)CC1. The average molecular weight is 351 g/mol. The zero-order valence-corrected chi connectivity index (χ0v) is 15.0. The maximum atomic E-state index is 12.6. The molecular weight excluding hydrogens is 326 g/mol. The Labute approximate surface area is 144 Å². The maximum Gasteiger partial charge on any atom is 0.235 e. The van der Waals surface area contributed by atoms with E-state index in [9.17, 15) is 13.2 Å². The molecule has 132 valence electrons. The van der Waals surface area contributed by atoms with Gasteiger partial charge in [0.2, 0.25) is 15.9 Å². The highest BCUT2D eigenvalue weighted by Gasteiger charge is 2.30. The molecule has 3 rings (SSSR count). The fourth-order valence-corrected chi connectivity index (χ4v) is 4.90. The van der Waals surface area contributed by atoms with Crippen LogP contribution in [0.1, 0.15) is 18.9 Å². The van der Waals surface area contributed by atoms with Crippen LogP contribution in [0.3, 0.4) is 0 Å². The van der Waals surface area contributed by atoms with E-state index < -0.39 is 10.0 Å². The second kappa shape index (κ2) is 7.11. The number of anilines is 1. The number of carbonyl (C=O) groups is 1. The summed E-state index contributed by atoms with van der Waals surface area (Å²) < 4.78 is 26.7. The van der Waals surface area contributed by atoms with Crippen molar-refractivity contribution in [3.63, 3.8) is 0 Å². The molecule has 0 N–H and O–H groups in total. The normalized spacial score (nSPS) is 18.7. The highest BCUT2D eigenvalue weighted by Crippen LogP contribution is 2.30. The first-order valence-electron chi connectivity index (χ1n) is 8.59. The monoisotopic (exact) mass is 351 g/mol. The molecule has 2 aliphatic heterocycles. The number of amides is 1. The first kappa shape index (κ1) is 17.2. The minimum Gasteiger partial charge on any atom is -0.340 e. The molecule has 1 saturated heterocycles. The molecule has 0 bridgehead atoms. The van der Waals surface area contributed by atoms with Crippen LogP contribution in [0.4, 0.5) is 5.69 Å². The summed E-state index contributed by atoms with van der Waals surface area (Å²) in [5, 5.41) is 0. The van der Waals surface area contributed by atoms with Gasteiger partial charge in [0.25, 0.3) is 0 Å². The van der Waals surface area contributed by atoms with Crippen LogP contribution in [-0.2, 0) is 21.2 Å². The fourth-order valence-electron chi connectivity index (χ4n) is 3.40. The van der Waals surface area contributed by atoms with Crippen molar-refractivity contribution < 1.29 is 13.2 Å². The van der Waals surface area contributed by atoms with Crippen molar-refractivity contribution in [2.75, 3.05) is 49.3 Å². The number of nitrogens with zero attached hydrogens (tertiary/aromatic N) is 3. The summed E-state index contributed by atoms with van der Waals surface area (Å²) >= 11 is 0. The predicted molar refractivity (Wildman–Crippen MR) is 94.6 cm³/mol. The lowest BCUT2D eigenvalue weighted by molar-refractivity contribution is -0.132. The minimum absolute atomic E-state index is 0.0539. The van der Waals surface area contributed by atoms with Crippen molar-refractivity contribution in [3.8, 4) is 0 Å². The summed E-state index contributed by atoms with van der Waals surface area (Å²) in [6.45, 7) is 6.70. The van der Waals surface area contributed by atoms with E-state index in [-0.39, 0.29) is 18.1 Å². The van der Waals surface area contributed by atoms with Crippen molar-refractivity contribution in [1.29, 1.82) is 0 Å². The minimum atomic E-state index is -3.45. The number of sulfonamides is 1. The van der Waals surface area contributed by atoms with Crippen LogP contribution in [0.2, 0.25) is 0 Å². The van der Waals surface area contributed by atoms with Gasteiger partial charge in [0.1, 0.15) is 0 Å². The molecule has 6 nitrogen and oxygen atoms in total. The molecule has 1 fully saturated rings. The largest absolute Gasteiger partial charge is 0.340 e. The van der Waals surface area contributed by atoms with Gasteiger partial charge in [-0.3, -0.25) is 9.10 Å². The van der Waals surface area contributed by atoms with Crippen LogP contribution in [0.5, 0.6) is 0 Å². The molecule has 0 radical (unpaired) electrons. The van der Waals surface area contributed by atoms with E-state index in [2.05, 4.69) is 11.8 Å². The van der Waals surface area contributed by atoms with Crippen LogP contribution in [0, 0.1) is 0 Å². The molecule has 0 aliphatic carbocycles. The van der Waals surface area contributed by atoms with Gasteiger partial charge in [-0.15, -0.1) is 0 Å². The van der Waals surface area contributed by atoms with Crippen molar-refractivity contribution in [1.82, 2.24) is 9.80 Å². The molecule has 0 spiro atoms. The van der Waals surface area contributed by atoms with E-state index >= 15 is 0 Å². The number of rotatable bonds is 5. The molecule has 0 aromatic heterocycles. The molecular formula is C17H25N3O3S. The van der Waals surface area contributed by atoms with E-state index in [0.717, 1.165) is 37.3 Å². The summed E-state index contributed by atoms with van der Waals surface area (Å²) in [5.41, 5.74) is 1.82. The molecule has 0 atom stereocenters. The Kier molecular flexibility index (Phi) is 5.10. The summed E-state index contributed by atoms with van der Waals surface area (Å²) in [4.78, 5) is 16.4. The quantitative estimate of drug-likeness (QED) is 0.792. The fraction of sp³-hybridized carbons (Fsp3) is 0.588. The second-order valence-electron chi connectivity index (χ2n) is 6.33. The van der Waals surface area contributed by atoms with Gasteiger partial charge >= 0.3 is 0 Å². The van der Waals surface area contributed by atoms with Gasteiger partial charge in [0, 0.05) is 39.1 Å². The summed E-state index contributed by atoms with van der Waals surface area (Å²) in [5.74, 6) is -0.171. The number of piperazine rings is 1. The van der Waals surface area contributed by atoms with E-state index in [1.165, 1.54) is 4.31 Å². The van der Waals surface area contributed by atoms with Gasteiger partial charge in [0.05, 0.1) is 11.4 Å². The third-order valence-corrected chi connectivity index (χ3v) is 6.70. The lowest BCUT2D eigenvalue weighted by Crippen LogP contribution is -2.49. The van der Waals surface area contributed by atoms with Crippen molar-refractivity contribution in [3.05, 3.63) is 29.8 Å². The molecule has 7 heteroatoms. The summed E-state index contributed by atoms with van der Waals surface area (Å²) in [6.07, 6.45) is 0.801. The third kappa shape index (κ3) is 3.57. The zero-order valence-electron chi connectivity index (χ0n) is 14.1. The molecule has 1 aromatic carbocycles. The Morgan fingerprint density at radius 1 is 1.08 bits per heavy atom. The smallest absolute Gasteiger partial charge is 0.235 e. The van der Waals surface area contributed by atoms with Gasteiger partial charge in [0.15, 0.2) is 0 Å². The van der Waals surface area contributed by atoms with E-state index in [0.29, 0.717) is 19.6 Å². The Morgan fingerprint density at radius 2 is 1.79 bits per heavy atom. The van der Waals surface area contributed by atoms with Crippen molar-refractivity contribution in [2.45, 2.75) is 19.8 Å². The lowest BCUT2D eigenvalue weighted by Gasteiger charge is -2.34. The Bertz CT molecular complexity index is 697. The van der Waals surface area contributed by atoms with Gasteiger partial charge in [-0.1, -0.05) is 25.1 Å². The van der Waals surface area contributed by atoms with Gasteiger partial charge < -0.3 is 9.80 Å². The molecule has 0 unspecified atom stereocenters. The first-order valence-corrected chi connectivity index (χ1v) is 10.2. The summed E-state index contributed by atoms with van der Waals surface area (Å²) in [6, 6.07) is 7.58. The lowest BCUT2D eigenvalue weighted by atomic mass is 10.2. The standard InChI is InChI=1S/C17H25N3O3S/c1-2-18-10-12-19(13-11-18)17(21)8-14-24(22,23)20-9-7-15-5-3-4-6-16(15)20/h3-6H,2,7-14H2,1H3. The average Bonchev–Trinajstić information content (AvgIpc) is 3.05. The number of carbonyl (C=O) groups excluding carboxylic acids is 1. The van der Waals surface area contributed by atoms with E-state index in [1.54, 1.807) is 4.90 Å². The molecule has 0 saturated carbocycles. The maximum absolute atomic E-state index is 12.6. The number of hydrogen-bond donors (Lipinski definition) is 0. The van der Waals surface area contributed by atoms with Crippen LogP contribution < -0.4 is 4.31 Å². The van der Waals surface area contributed by atoms with E-state index in [1.807, 2.05) is 24.3 Å². The topological polar surface area (TPSA) is 60.9 Å². The van der Waals surface area contributed by atoms with Gasteiger partial charge in [-0.2, -0.15) is 0 Å². The first-order chi connectivity index (χ1) is 11.5. The highest BCUT2D eigenvalue weighted by atomic mass is 32.2. The Balaban J connectivity index is 1.57. The summed E-state index contributed by atoms with van der Waals surface area (Å²) in [7, 11) is -3.45. The van der Waals surface area contributed by atoms with Crippen LogP contribution in [-0.4, -0.2) is 69.1 Å². The van der Waals surface area contributed by atoms with Gasteiger partial charge in [-0.05, 0) is 24.6 Å². The number of benzene rings is 1. The predicted octanol–water partition coefficient (Wildman–Crippen LogP) is 0.933. The molecule has 1 aromatic rings. The van der Waals surface area contributed by atoms with Crippen molar-refractivity contribution in [2.24, 2.45) is 0 Å². The Hall–Kier alpha value is -1.60. The number of fused-ring (bicyclic) bond motifs is 1. The second-order valence-corrected chi connectivity index (χ2v) is 8.34. The molecule has 1 amide bonds. The van der Waals surface area contributed by atoms with Gasteiger partial charge in [-0.25, -0.2) is 8.42 Å². The number of para-hydroxylation sites is 1.